The lowest BCUT2D eigenvalue weighted by Crippen LogP contribution is -2.29. The van der Waals surface area contributed by atoms with E-state index >= 15 is 0 Å². The van der Waals surface area contributed by atoms with Crippen LogP contribution in [0.15, 0.2) is 35.0 Å². The van der Waals surface area contributed by atoms with Gasteiger partial charge in [-0.15, -0.1) is 0 Å². The Balaban J connectivity index is 0.000000833. The number of carbonyl (C=O) groups excluding carboxylic acids is 3. The summed E-state index contributed by atoms with van der Waals surface area (Å²) >= 11 is 6.00. The van der Waals surface area contributed by atoms with Gasteiger partial charge in [0.2, 0.25) is 5.91 Å². The van der Waals surface area contributed by atoms with Gasteiger partial charge >= 0.3 is 0 Å². The third-order valence-corrected chi connectivity index (χ3v) is 4.75. The number of carbonyl (C=O) groups is 3. The standard InChI is InChI=1S/C17H25ClN2O3.C8H14N2O/c1-4-12(3)8-16(21)20-10-13-9-14(18)6-7-15(13)23-11-17(22)19-5-2;1-6(2)5-10-8(9-4)7(3)11/h6-7,9,12H,4-5,8,10-11H2,1-3H3,(H,19,22)(H,20,21);5H,1-4H3,(H,9,10). The van der Waals surface area contributed by atoms with Crippen LogP contribution in [0.1, 0.15) is 59.9 Å². The van der Waals surface area contributed by atoms with E-state index in [0.717, 1.165) is 17.6 Å². The number of rotatable bonds is 11. The molecule has 0 spiro atoms. The third-order valence-electron chi connectivity index (χ3n) is 4.52. The predicted molar refractivity (Wildman–Crippen MR) is 138 cm³/mol. The highest BCUT2D eigenvalue weighted by molar-refractivity contribution is 6.38. The minimum Gasteiger partial charge on any atom is -0.483 e. The molecule has 0 aliphatic carbocycles. The first kappa shape index (κ1) is 31.1. The molecule has 0 radical (unpaired) electrons. The second kappa shape index (κ2) is 17.6. The Morgan fingerprint density at radius 2 is 1.79 bits per heavy atom. The van der Waals surface area contributed by atoms with Crippen molar-refractivity contribution in [3.8, 4) is 5.75 Å². The van der Waals surface area contributed by atoms with Gasteiger partial charge in [0, 0.05) is 50.3 Å². The molecule has 1 rings (SSSR count). The zero-order valence-electron chi connectivity index (χ0n) is 21.4. The lowest BCUT2D eigenvalue weighted by molar-refractivity contribution is -0.123. The number of nitrogens with one attached hydrogen (secondary N) is 3. The highest BCUT2D eigenvalue weighted by atomic mass is 35.5. The Morgan fingerprint density at radius 3 is 2.32 bits per heavy atom. The van der Waals surface area contributed by atoms with Crippen LogP contribution >= 0.6 is 11.6 Å². The van der Waals surface area contributed by atoms with Gasteiger partial charge in [0.05, 0.1) is 0 Å². The van der Waals surface area contributed by atoms with Crippen LogP contribution in [0.2, 0.25) is 5.02 Å². The fourth-order valence-electron chi connectivity index (χ4n) is 2.48. The molecule has 0 saturated carbocycles. The smallest absolute Gasteiger partial charge is 0.257 e. The fourth-order valence-corrected chi connectivity index (χ4v) is 2.68. The fraction of sp³-hybridized carbons (Fsp3) is 0.520. The van der Waals surface area contributed by atoms with Crippen molar-refractivity contribution >= 4 is 35.0 Å². The van der Waals surface area contributed by atoms with Crippen LogP contribution < -0.4 is 20.7 Å². The topological polar surface area (TPSA) is 109 Å². The van der Waals surface area contributed by atoms with Gasteiger partial charge in [-0.3, -0.25) is 19.4 Å². The van der Waals surface area contributed by atoms with Crippen LogP contribution in [-0.4, -0.2) is 43.6 Å². The quantitative estimate of drug-likeness (QED) is 0.318. The highest BCUT2D eigenvalue weighted by Gasteiger charge is 2.11. The molecule has 34 heavy (non-hydrogen) atoms. The minimum atomic E-state index is -0.186. The number of hydrogen-bond acceptors (Lipinski definition) is 5. The number of halogens is 1. The molecule has 0 fully saturated rings. The molecule has 1 aromatic carbocycles. The number of amidine groups is 1. The van der Waals surface area contributed by atoms with Gasteiger partial charge in [-0.2, -0.15) is 0 Å². The summed E-state index contributed by atoms with van der Waals surface area (Å²) in [6.45, 7) is 12.1. The van der Waals surface area contributed by atoms with Crippen LogP contribution in [0, 0.1) is 5.92 Å². The van der Waals surface area contributed by atoms with E-state index in [0.29, 0.717) is 42.0 Å². The van der Waals surface area contributed by atoms with E-state index in [2.05, 4.69) is 27.9 Å². The number of allylic oxidation sites excluding steroid dienone is 1. The van der Waals surface area contributed by atoms with Crippen molar-refractivity contribution in [1.82, 2.24) is 16.0 Å². The summed E-state index contributed by atoms with van der Waals surface area (Å²) in [5.41, 5.74) is 1.85. The van der Waals surface area contributed by atoms with Crippen LogP contribution in [0.4, 0.5) is 0 Å². The molecule has 0 aliphatic heterocycles. The summed E-state index contributed by atoms with van der Waals surface area (Å²) in [6.07, 6.45) is 3.21. The van der Waals surface area contributed by atoms with Crippen LogP contribution in [0.3, 0.4) is 0 Å². The maximum Gasteiger partial charge on any atom is 0.257 e. The lowest BCUT2D eigenvalue weighted by atomic mass is 10.0. The molecule has 190 valence electrons. The number of aliphatic imine (C=N–C) groups is 1. The summed E-state index contributed by atoms with van der Waals surface area (Å²) in [5.74, 6) is 1.05. The molecule has 9 heteroatoms. The molecule has 8 nitrogen and oxygen atoms in total. The van der Waals surface area contributed by atoms with E-state index in [1.54, 1.807) is 31.4 Å². The van der Waals surface area contributed by atoms with Gasteiger partial charge in [0.1, 0.15) is 5.75 Å². The first-order valence-electron chi connectivity index (χ1n) is 11.4. The molecule has 0 heterocycles. The average Bonchev–Trinajstić information content (AvgIpc) is 2.77. The first-order valence-corrected chi connectivity index (χ1v) is 11.7. The van der Waals surface area contributed by atoms with Crippen molar-refractivity contribution in [3.63, 3.8) is 0 Å². The highest BCUT2D eigenvalue weighted by Crippen LogP contribution is 2.23. The van der Waals surface area contributed by atoms with Crippen molar-refractivity contribution < 1.29 is 19.1 Å². The predicted octanol–water partition coefficient (Wildman–Crippen LogP) is 4.02. The average molecular weight is 495 g/mol. The van der Waals surface area contributed by atoms with Crippen molar-refractivity contribution in [2.75, 3.05) is 20.2 Å². The first-order chi connectivity index (χ1) is 16.0. The normalized spacial score (nSPS) is 11.4. The van der Waals surface area contributed by atoms with E-state index in [1.807, 2.05) is 27.7 Å². The van der Waals surface area contributed by atoms with Crippen molar-refractivity contribution in [1.29, 1.82) is 0 Å². The monoisotopic (exact) mass is 494 g/mol. The number of Topliss-reactive ketones (excluding diaryl/α,β-unsaturated/α-hetero) is 1. The second-order valence-electron chi connectivity index (χ2n) is 7.98. The maximum atomic E-state index is 11.9. The van der Waals surface area contributed by atoms with Gasteiger partial charge < -0.3 is 20.7 Å². The van der Waals surface area contributed by atoms with E-state index in [-0.39, 0.29) is 24.2 Å². The molecule has 0 aliphatic rings. The number of nitrogens with zero attached hydrogens (tertiary/aromatic N) is 1. The van der Waals surface area contributed by atoms with Crippen molar-refractivity contribution in [3.05, 3.63) is 40.6 Å². The van der Waals surface area contributed by atoms with E-state index in [9.17, 15) is 14.4 Å². The number of amides is 2. The van der Waals surface area contributed by atoms with Gasteiger partial charge in [-0.1, -0.05) is 37.4 Å². The summed E-state index contributed by atoms with van der Waals surface area (Å²) in [7, 11) is 1.59. The molecule has 1 atom stereocenters. The van der Waals surface area contributed by atoms with E-state index in [4.69, 9.17) is 16.3 Å². The number of ether oxygens (including phenoxy) is 1. The number of hydrogen-bond donors (Lipinski definition) is 3. The Labute approximate surface area is 208 Å². The molecule has 2 amide bonds. The molecule has 1 unspecified atom stereocenters. The molecule has 0 saturated heterocycles. The van der Waals surface area contributed by atoms with Crippen LogP contribution in [0.5, 0.6) is 5.75 Å². The molecule has 0 aromatic heterocycles. The maximum absolute atomic E-state index is 11.9. The minimum absolute atomic E-state index is 0.00555. The molecule has 3 N–H and O–H groups in total. The summed E-state index contributed by atoms with van der Waals surface area (Å²) in [4.78, 5) is 37.9. The summed E-state index contributed by atoms with van der Waals surface area (Å²) in [5, 5.41) is 8.90. The van der Waals surface area contributed by atoms with Gasteiger partial charge in [0.15, 0.2) is 18.2 Å². The second-order valence-corrected chi connectivity index (χ2v) is 8.42. The zero-order valence-corrected chi connectivity index (χ0v) is 22.1. The molecular formula is C25H39ClN4O4. The molecular weight excluding hydrogens is 456 g/mol. The van der Waals surface area contributed by atoms with Crippen molar-refractivity contribution in [2.24, 2.45) is 10.9 Å². The lowest BCUT2D eigenvalue weighted by Gasteiger charge is -2.13. The van der Waals surface area contributed by atoms with Gasteiger partial charge in [-0.05, 0) is 44.9 Å². The van der Waals surface area contributed by atoms with Gasteiger partial charge in [0.25, 0.3) is 5.91 Å². The van der Waals surface area contributed by atoms with Crippen LogP contribution in [0.25, 0.3) is 0 Å². The zero-order chi connectivity index (χ0) is 26.1. The Morgan fingerprint density at radius 1 is 1.12 bits per heavy atom. The third kappa shape index (κ3) is 14.3. The molecule has 1 aromatic rings. The Hall–Kier alpha value is -2.87. The SMILES string of the molecule is CCNC(=O)COc1ccc(Cl)cc1CNC(=O)CC(C)CC.CN=C(NC=C(C)C)C(C)=O. The Kier molecular flexibility index (Phi) is 16.1. The summed E-state index contributed by atoms with van der Waals surface area (Å²) < 4.78 is 5.52. The molecule has 0 bridgehead atoms. The Bertz CT molecular complexity index is 864. The number of ketones is 1. The summed E-state index contributed by atoms with van der Waals surface area (Å²) in [6, 6.07) is 5.13. The van der Waals surface area contributed by atoms with E-state index in [1.165, 1.54) is 6.92 Å². The number of likely N-dealkylation sites (N-methyl/N-ethyl adjacent to an activating group) is 1. The van der Waals surface area contributed by atoms with E-state index < -0.39 is 0 Å². The van der Waals surface area contributed by atoms with Gasteiger partial charge in [-0.25, -0.2) is 0 Å². The number of benzene rings is 1. The largest absolute Gasteiger partial charge is 0.483 e. The van der Waals surface area contributed by atoms with Crippen LogP contribution in [-0.2, 0) is 20.9 Å². The van der Waals surface area contributed by atoms with Crippen molar-refractivity contribution in [2.45, 2.75) is 60.9 Å².